The van der Waals surface area contributed by atoms with Crippen LogP contribution in [0.5, 0.6) is 0 Å². The standard InChI is InChI=1S/C17H13N5S/c1-10-13(21-16(18)17(23)20-10)9-22-14-5-3-2-4-11(14)12-6-7-19-8-15(12)22/h2-9H,1H2,(H2,18,21)(H,20,23)/b13-9+. The minimum absolute atomic E-state index is 0.289. The van der Waals surface area contributed by atoms with E-state index in [1.165, 1.54) is 0 Å². The number of fused-ring (bicyclic) bond motifs is 3. The maximum absolute atomic E-state index is 5.83. The first-order valence-corrected chi connectivity index (χ1v) is 7.45. The van der Waals surface area contributed by atoms with Crippen LogP contribution in [0.15, 0.2) is 42.7 Å². The second-order valence-electron chi connectivity index (χ2n) is 5.22. The summed E-state index contributed by atoms with van der Waals surface area (Å²) in [6, 6.07) is 10.2. The number of hydrogen-bond donors (Lipinski definition) is 2. The third kappa shape index (κ3) is 2.11. The Morgan fingerprint density at radius 1 is 1.17 bits per heavy atom. The maximum atomic E-state index is 5.83. The molecule has 0 radical (unpaired) electrons. The van der Waals surface area contributed by atoms with E-state index >= 15 is 0 Å². The molecular formula is C17H13N5S. The van der Waals surface area contributed by atoms with E-state index < -0.39 is 0 Å². The molecule has 0 unspecified atom stereocenters. The van der Waals surface area contributed by atoms with Gasteiger partial charge >= 0.3 is 0 Å². The Balaban J connectivity index is 2.17. The highest BCUT2D eigenvalue weighted by Gasteiger charge is 2.08. The van der Waals surface area contributed by atoms with Crippen LogP contribution in [0, 0.1) is 4.64 Å². The molecule has 0 saturated carbocycles. The molecule has 0 bridgehead atoms. The monoisotopic (exact) mass is 319 g/mol. The first-order valence-electron chi connectivity index (χ1n) is 7.04. The molecule has 3 N–H and O–H groups in total. The Morgan fingerprint density at radius 3 is 2.83 bits per heavy atom. The van der Waals surface area contributed by atoms with E-state index in [4.69, 9.17) is 18.0 Å². The van der Waals surface area contributed by atoms with Crippen molar-refractivity contribution < 1.29 is 0 Å². The zero-order chi connectivity index (χ0) is 16.0. The first-order chi connectivity index (χ1) is 11.1. The van der Waals surface area contributed by atoms with Gasteiger partial charge in [0.05, 0.1) is 22.6 Å². The Hall–Kier alpha value is -2.99. The fraction of sp³-hybridized carbons (Fsp3) is 0. The van der Waals surface area contributed by atoms with Gasteiger partial charge in [-0.3, -0.25) is 4.98 Å². The number of anilines is 1. The number of nitrogen functional groups attached to an aromatic ring is 1. The number of aromatic nitrogens is 4. The van der Waals surface area contributed by atoms with E-state index in [9.17, 15) is 0 Å². The molecule has 23 heavy (non-hydrogen) atoms. The van der Waals surface area contributed by atoms with Gasteiger partial charge in [-0.15, -0.1) is 0 Å². The van der Waals surface area contributed by atoms with Gasteiger partial charge in [-0.2, -0.15) is 0 Å². The number of nitrogens with one attached hydrogen (secondary N) is 1. The van der Waals surface area contributed by atoms with Crippen LogP contribution in [0.25, 0.3) is 34.6 Å². The molecule has 3 heterocycles. The number of rotatable bonds is 1. The largest absolute Gasteiger partial charge is 0.381 e. The molecule has 0 aliphatic rings. The van der Waals surface area contributed by atoms with Crippen LogP contribution >= 0.6 is 12.2 Å². The van der Waals surface area contributed by atoms with E-state index in [0.717, 1.165) is 21.8 Å². The SMILES string of the molecule is C=c1[nH]c(=S)c(N)n/c1=C/n1c2ccccc2c2ccncc21. The second-order valence-corrected chi connectivity index (χ2v) is 5.63. The van der Waals surface area contributed by atoms with Gasteiger partial charge in [0.1, 0.15) is 9.99 Å². The summed E-state index contributed by atoms with van der Waals surface area (Å²) >= 11 is 5.09. The van der Waals surface area contributed by atoms with Crippen molar-refractivity contribution in [3.63, 3.8) is 0 Å². The van der Waals surface area contributed by atoms with E-state index in [1.807, 2.05) is 35.2 Å². The Bertz CT molecular complexity index is 1170. The molecule has 0 saturated heterocycles. The van der Waals surface area contributed by atoms with Crippen molar-refractivity contribution in [2.24, 2.45) is 0 Å². The molecule has 0 aliphatic heterocycles. The molecule has 0 atom stereocenters. The number of nitrogens with zero attached hydrogens (tertiary/aromatic N) is 3. The van der Waals surface area contributed by atoms with Crippen molar-refractivity contribution in [2.45, 2.75) is 0 Å². The first kappa shape index (κ1) is 13.7. The average molecular weight is 319 g/mol. The van der Waals surface area contributed by atoms with Crippen LogP contribution in [-0.2, 0) is 0 Å². The molecule has 0 fully saturated rings. The topological polar surface area (TPSA) is 72.5 Å². The molecule has 0 aliphatic carbocycles. The normalized spacial score (nSPS) is 12.3. The van der Waals surface area contributed by atoms with E-state index in [2.05, 4.69) is 33.7 Å². The molecule has 4 aromatic rings. The van der Waals surface area contributed by atoms with Gasteiger partial charge in [0, 0.05) is 23.2 Å². The molecule has 1 aromatic carbocycles. The Labute approximate surface area is 136 Å². The summed E-state index contributed by atoms with van der Waals surface area (Å²) in [5.41, 5.74) is 7.89. The quantitative estimate of drug-likeness (QED) is 0.526. The summed E-state index contributed by atoms with van der Waals surface area (Å²) < 4.78 is 2.45. The Morgan fingerprint density at radius 2 is 1.96 bits per heavy atom. The van der Waals surface area contributed by atoms with Crippen molar-refractivity contribution in [1.82, 2.24) is 19.5 Å². The Kier molecular flexibility index (Phi) is 2.99. The lowest BCUT2D eigenvalue weighted by Crippen LogP contribution is -2.32. The minimum Gasteiger partial charge on any atom is -0.381 e. The molecule has 0 amide bonds. The third-order valence-corrected chi connectivity index (χ3v) is 4.12. The number of nitrogens with two attached hydrogens (primary N) is 1. The van der Waals surface area contributed by atoms with E-state index in [0.29, 0.717) is 15.3 Å². The highest BCUT2D eigenvalue weighted by atomic mass is 32.1. The minimum atomic E-state index is 0.289. The summed E-state index contributed by atoms with van der Waals surface area (Å²) in [4.78, 5) is 11.6. The summed E-state index contributed by atoms with van der Waals surface area (Å²) in [6.07, 6.45) is 5.53. The average Bonchev–Trinajstić information content (AvgIpc) is 2.87. The molecular weight excluding hydrogens is 306 g/mol. The number of pyridine rings is 1. The summed E-state index contributed by atoms with van der Waals surface area (Å²) in [6.45, 7) is 3.96. The maximum Gasteiger partial charge on any atom is 0.159 e. The van der Waals surface area contributed by atoms with Crippen LogP contribution in [-0.4, -0.2) is 19.5 Å². The van der Waals surface area contributed by atoms with E-state index in [1.54, 1.807) is 6.20 Å². The fourth-order valence-electron chi connectivity index (χ4n) is 2.73. The van der Waals surface area contributed by atoms with Crippen molar-refractivity contribution in [3.8, 4) is 0 Å². The molecule has 3 aromatic heterocycles. The van der Waals surface area contributed by atoms with Gasteiger partial charge in [-0.05, 0) is 12.1 Å². The van der Waals surface area contributed by atoms with Gasteiger partial charge in [0.25, 0.3) is 0 Å². The molecule has 4 rings (SSSR count). The zero-order valence-corrected chi connectivity index (χ0v) is 13.0. The van der Waals surface area contributed by atoms with Crippen molar-refractivity contribution in [1.29, 1.82) is 0 Å². The lowest BCUT2D eigenvalue weighted by Gasteiger charge is -2.01. The predicted octanol–water partition coefficient (Wildman–Crippen LogP) is 1.92. The highest BCUT2D eigenvalue weighted by molar-refractivity contribution is 7.71. The van der Waals surface area contributed by atoms with Gasteiger partial charge in [-0.25, -0.2) is 4.98 Å². The molecule has 112 valence electrons. The molecule has 5 nitrogen and oxygen atoms in total. The fourth-order valence-corrected chi connectivity index (χ4v) is 2.90. The van der Waals surface area contributed by atoms with Gasteiger partial charge in [0.15, 0.2) is 5.82 Å². The lowest BCUT2D eigenvalue weighted by atomic mass is 10.2. The van der Waals surface area contributed by atoms with Crippen LogP contribution < -0.4 is 16.4 Å². The smallest absolute Gasteiger partial charge is 0.159 e. The number of benzene rings is 1. The molecule has 6 heteroatoms. The third-order valence-electron chi connectivity index (χ3n) is 3.81. The van der Waals surface area contributed by atoms with Crippen molar-refractivity contribution >= 4 is 52.6 Å². The summed E-state index contributed by atoms with van der Waals surface area (Å²) in [7, 11) is 0. The van der Waals surface area contributed by atoms with Gasteiger partial charge < -0.3 is 15.3 Å². The van der Waals surface area contributed by atoms with E-state index in [-0.39, 0.29) is 5.82 Å². The van der Waals surface area contributed by atoms with Crippen LogP contribution in [0.1, 0.15) is 0 Å². The number of aromatic amines is 1. The highest BCUT2D eigenvalue weighted by Crippen LogP contribution is 2.27. The number of hydrogen-bond acceptors (Lipinski definition) is 4. The van der Waals surface area contributed by atoms with Crippen molar-refractivity contribution in [2.75, 3.05) is 5.73 Å². The van der Waals surface area contributed by atoms with Crippen LogP contribution in [0.3, 0.4) is 0 Å². The molecule has 0 spiro atoms. The van der Waals surface area contributed by atoms with Crippen molar-refractivity contribution in [3.05, 3.63) is 58.1 Å². The zero-order valence-electron chi connectivity index (χ0n) is 12.2. The summed E-state index contributed by atoms with van der Waals surface area (Å²) in [5, 5.41) is 3.56. The number of H-pyrrole nitrogens is 1. The van der Waals surface area contributed by atoms with Gasteiger partial charge in [-0.1, -0.05) is 37.0 Å². The summed E-state index contributed by atoms with van der Waals surface area (Å²) in [5.74, 6) is 0.289. The van der Waals surface area contributed by atoms with Crippen LogP contribution in [0.2, 0.25) is 0 Å². The number of para-hydroxylation sites is 1. The second kappa shape index (κ2) is 5.03. The van der Waals surface area contributed by atoms with Gasteiger partial charge in [0.2, 0.25) is 0 Å². The lowest BCUT2D eigenvalue weighted by molar-refractivity contribution is 1.08. The van der Waals surface area contributed by atoms with Crippen LogP contribution in [0.4, 0.5) is 5.82 Å². The predicted molar refractivity (Wildman–Crippen MR) is 95.7 cm³/mol.